The van der Waals surface area contributed by atoms with E-state index in [1.165, 1.54) is 29.5 Å². The fraction of sp³-hybridized carbons (Fsp3) is 0.250. The monoisotopic (exact) mass is 385 g/mol. The molecule has 5 heteroatoms. The highest BCUT2D eigenvalue weighted by Gasteiger charge is 2.17. The summed E-state index contributed by atoms with van der Waals surface area (Å²) in [6, 6.07) is 13.5. The summed E-state index contributed by atoms with van der Waals surface area (Å²) in [7, 11) is 0. The van der Waals surface area contributed by atoms with Gasteiger partial charge in [-0.25, -0.2) is 4.98 Å². The molecule has 0 saturated heterocycles. The predicted molar refractivity (Wildman–Crippen MR) is 114 cm³/mol. The molecule has 0 unspecified atom stereocenters. The molecule has 0 radical (unpaired) electrons. The Balaban J connectivity index is 1.42. The number of fused-ring (bicyclic) bond motifs is 3. The molecule has 1 amide bonds. The Kier molecular flexibility index (Phi) is 4.23. The zero-order chi connectivity index (χ0) is 20.0. The van der Waals surface area contributed by atoms with E-state index < -0.39 is 0 Å². The maximum Gasteiger partial charge on any atom is 0.255 e. The molecular weight excluding hydrogens is 362 g/mol. The summed E-state index contributed by atoms with van der Waals surface area (Å²) < 4.78 is 5.71. The number of nitrogens with one attached hydrogen (secondary N) is 2. The molecule has 2 heterocycles. The smallest absolute Gasteiger partial charge is 0.255 e. The van der Waals surface area contributed by atoms with Gasteiger partial charge in [0.2, 0.25) is 5.89 Å². The molecule has 0 aliphatic heterocycles. The average Bonchev–Trinajstić information content (AvgIpc) is 3.27. The molecule has 0 saturated carbocycles. The third-order valence-electron chi connectivity index (χ3n) is 5.76. The van der Waals surface area contributed by atoms with Gasteiger partial charge in [0.1, 0.15) is 5.76 Å². The zero-order valence-corrected chi connectivity index (χ0v) is 16.6. The SMILES string of the molecule is Cc1nc(-c2cccc(NC(=O)c3ccc4[nH]c5c(c4c3)CCCC5)c2)oc1C. The molecule has 0 atom stereocenters. The normalized spacial score (nSPS) is 13.4. The van der Waals surface area contributed by atoms with Crippen molar-refractivity contribution in [1.82, 2.24) is 9.97 Å². The van der Waals surface area contributed by atoms with Gasteiger partial charge >= 0.3 is 0 Å². The highest BCUT2D eigenvalue weighted by Crippen LogP contribution is 2.30. The Morgan fingerprint density at radius 1 is 1.10 bits per heavy atom. The van der Waals surface area contributed by atoms with E-state index in [9.17, 15) is 4.79 Å². The summed E-state index contributed by atoms with van der Waals surface area (Å²) in [6.45, 7) is 3.82. The van der Waals surface area contributed by atoms with Gasteiger partial charge in [-0.3, -0.25) is 4.79 Å². The minimum atomic E-state index is -0.116. The number of anilines is 1. The van der Waals surface area contributed by atoms with Crippen LogP contribution in [-0.4, -0.2) is 15.9 Å². The van der Waals surface area contributed by atoms with E-state index in [1.54, 1.807) is 0 Å². The van der Waals surface area contributed by atoms with Crippen molar-refractivity contribution < 1.29 is 9.21 Å². The molecule has 1 aliphatic carbocycles. The van der Waals surface area contributed by atoms with E-state index >= 15 is 0 Å². The van der Waals surface area contributed by atoms with Crippen LogP contribution >= 0.6 is 0 Å². The van der Waals surface area contributed by atoms with Crippen LogP contribution in [0.4, 0.5) is 5.69 Å². The summed E-state index contributed by atoms with van der Waals surface area (Å²) in [6.07, 6.45) is 4.62. The quantitative estimate of drug-likeness (QED) is 0.484. The van der Waals surface area contributed by atoms with Gasteiger partial charge < -0.3 is 14.7 Å². The molecule has 2 aromatic heterocycles. The fourth-order valence-corrected chi connectivity index (χ4v) is 4.08. The highest BCUT2D eigenvalue weighted by atomic mass is 16.4. The van der Waals surface area contributed by atoms with Crippen molar-refractivity contribution in [2.45, 2.75) is 39.5 Å². The summed E-state index contributed by atoms with van der Waals surface area (Å²) in [4.78, 5) is 20.9. The Hall–Kier alpha value is -3.34. The summed E-state index contributed by atoms with van der Waals surface area (Å²) in [5.74, 6) is 1.25. The maximum atomic E-state index is 12.9. The van der Waals surface area contributed by atoms with Crippen LogP contribution in [0.2, 0.25) is 0 Å². The number of benzene rings is 2. The van der Waals surface area contributed by atoms with Crippen LogP contribution in [0.1, 0.15) is 45.9 Å². The lowest BCUT2D eigenvalue weighted by Gasteiger charge is -2.10. The Labute approximate surface area is 169 Å². The van der Waals surface area contributed by atoms with Crippen LogP contribution in [-0.2, 0) is 12.8 Å². The third kappa shape index (κ3) is 3.23. The fourth-order valence-electron chi connectivity index (χ4n) is 4.08. The number of rotatable bonds is 3. The van der Waals surface area contributed by atoms with Gasteiger partial charge in [0.15, 0.2) is 0 Å². The molecule has 2 N–H and O–H groups in total. The van der Waals surface area contributed by atoms with Crippen LogP contribution < -0.4 is 5.32 Å². The molecule has 146 valence electrons. The number of oxazole rings is 1. The van der Waals surface area contributed by atoms with Gasteiger partial charge in [-0.1, -0.05) is 6.07 Å². The molecule has 29 heavy (non-hydrogen) atoms. The van der Waals surface area contributed by atoms with Crippen molar-refractivity contribution in [2.24, 2.45) is 0 Å². The Morgan fingerprint density at radius 2 is 1.97 bits per heavy atom. The first-order valence-corrected chi connectivity index (χ1v) is 10.1. The van der Waals surface area contributed by atoms with Crippen molar-refractivity contribution >= 4 is 22.5 Å². The van der Waals surface area contributed by atoms with E-state index in [1.807, 2.05) is 56.3 Å². The molecule has 2 aromatic carbocycles. The number of carbonyl (C=O) groups is 1. The summed E-state index contributed by atoms with van der Waals surface area (Å²) >= 11 is 0. The van der Waals surface area contributed by atoms with Crippen molar-refractivity contribution in [3.8, 4) is 11.5 Å². The van der Waals surface area contributed by atoms with Gasteiger partial charge in [-0.05, 0) is 81.5 Å². The van der Waals surface area contributed by atoms with E-state index in [0.29, 0.717) is 11.5 Å². The third-order valence-corrected chi connectivity index (χ3v) is 5.76. The van der Waals surface area contributed by atoms with Gasteiger partial charge in [-0.2, -0.15) is 0 Å². The first-order chi connectivity index (χ1) is 14.1. The lowest BCUT2D eigenvalue weighted by molar-refractivity contribution is 0.102. The number of H-pyrrole nitrogens is 1. The maximum absolute atomic E-state index is 12.9. The van der Waals surface area contributed by atoms with Crippen molar-refractivity contribution in [1.29, 1.82) is 0 Å². The van der Waals surface area contributed by atoms with Crippen LogP contribution in [0.5, 0.6) is 0 Å². The van der Waals surface area contributed by atoms with E-state index in [-0.39, 0.29) is 5.91 Å². The van der Waals surface area contributed by atoms with Crippen LogP contribution in [0.15, 0.2) is 46.9 Å². The van der Waals surface area contributed by atoms with Crippen molar-refractivity contribution in [2.75, 3.05) is 5.32 Å². The standard InChI is InChI=1S/C24H23N3O2/c1-14-15(2)29-24(25-14)17-6-5-7-18(12-17)26-23(28)16-10-11-22-20(13-16)19-8-3-4-9-21(19)27-22/h5-7,10-13,27H,3-4,8-9H2,1-2H3,(H,26,28). The number of aromatic amines is 1. The molecular formula is C24H23N3O2. The van der Waals surface area contributed by atoms with E-state index in [0.717, 1.165) is 41.1 Å². The van der Waals surface area contributed by atoms with E-state index in [4.69, 9.17) is 4.42 Å². The molecule has 0 fully saturated rings. The molecule has 5 rings (SSSR count). The number of carbonyl (C=O) groups excluding carboxylic acids is 1. The van der Waals surface area contributed by atoms with Crippen LogP contribution in [0, 0.1) is 13.8 Å². The number of aryl methyl sites for hydroxylation is 4. The average molecular weight is 385 g/mol. The van der Waals surface area contributed by atoms with Crippen LogP contribution in [0.3, 0.4) is 0 Å². The predicted octanol–water partition coefficient (Wildman–Crippen LogP) is 5.57. The zero-order valence-electron chi connectivity index (χ0n) is 16.6. The minimum absolute atomic E-state index is 0.116. The minimum Gasteiger partial charge on any atom is -0.441 e. The Bertz CT molecular complexity index is 1210. The number of aromatic nitrogens is 2. The summed E-state index contributed by atoms with van der Waals surface area (Å²) in [5.41, 5.74) is 6.91. The van der Waals surface area contributed by atoms with Crippen molar-refractivity contribution in [3.05, 3.63) is 70.7 Å². The molecule has 0 bridgehead atoms. The lowest BCUT2D eigenvalue weighted by Crippen LogP contribution is -2.11. The van der Waals surface area contributed by atoms with Gasteiger partial charge in [0.05, 0.1) is 5.69 Å². The molecule has 5 nitrogen and oxygen atoms in total. The summed E-state index contributed by atoms with van der Waals surface area (Å²) in [5, 5.41) is 4.18. The number of amides is 1. The van der Waals surface area contributed by atoms with Gasteiger partial charge in [-0.15, -0.1) is 0 Å². The number of hydrogen-bond acceptors (Lipinski definition) is 3. The second-order valence-corrected chi connectivity index (χ2v) is 7.75. The highest BCUT2D eigenvalue weighted by molar-refractivity contribution is 6.06. The van der Waals surface area contributed by atoms with Gasteiger partial charge in [0, 0.05) is 33.4 Å². The second kappa shape index (κ2) is 6.92. The first-order valence-electron chi connectivity index (χ1n) is 10.1. The van der Waals surface area contributed by atoms with E-state index in [2.05, 4.69) is 15.3 Å². The van der Waals surface area contributed by atoms with Crippen molar-refractivity contribution in [3.63, 3.8) is 0 Å². The topological polar surface area (TPSA) is 70.9 Å². The largest absolute Gasteiger partial charge is 0.441 e. The molecule has 4 aromatic rings. The molecule has 0 spiro atoms. The first kappa shape index (κ1) is 17.7. The number of hydrogen-bond donors (Lipinski definition) is 2. The lowest BCUT2D eigenvalue weighted by atomic mass is 9.95. The van der Waals surface area contributed by atoms with Crippen LogP contribution in [0.25, 0.3) is 22.4 Å². The molecule has 1 aliphatic rings. The van der Waals surface area contributed by atoms with Gasteiger partial charge in [0.25, 0.3) is 5.91 Å². The Morgan fingerprint density at radius 3 is 2.79 bits per heavy atom. The number of nitrogens with zero attached hydrogens (tertiary/aromatic N) is 1. The second-order valence-electron chi connectivity index (χ2n) is 7.75.